The highest BCUT2D eigenvalue weighted by Gasteiger charge is 1.74. The number of rotatable bonds is 1. The molecule has 0 unspecified atom stereocenters. The van der Waals surface area contributed by atoms with Crippen LogP contribution in [-0.4, -0.2) is 19.2 Å². The van der Waals surface area contributed by atoms with Crippen LogP contribution in [0.3, 0.4) is 0 Å². The summed E-state index contributed by atoms with van der Waals surface area (Å²) < 4.78 is 0. The van der Waals surface area contributed by atoms with E-state index in [0.717, 1.165) is 0 Å². The Morgan fingerprint density at radius 1 is 1.56 bits per heavy atom. The fraction of sp³-hybridized carbons (Fsp3) is 0.200. The van der Waals surface area contributed by atoms with E-state index in [9.17, 15) is 0 Å². The van der Waals surface area contributed by atoms with Crippen LogP contribution in [0.2, 0.25) is 0 Å². The van der Waals surface area contributed by atoms with Gasteiger partial charge in [0.05, 0.1) is 0 Å². The molecule has 0 aliphatic rings. The van der Waals surface area contributed by atoms with Crippen molar-refractivity contribution in [2.75, 3.05) is 7.05 Å². The van der Waals surface area contributed by atoms with Crippen LogP contribution in [0, 0.1) is 0 Å². The molecule has 0 rings (SSSR count). The lowest BCUT2D eigenvalue weighted by atomic mass is 10.7. The SMILES string of the molecule is CN=C(N)/N=C/C=C\N. The number of aliphatic imine (C=N–C) groups is 2. The van der Waals surface area contributed by atoms with E-state index < -0.39 is 0 Å². The smallest absolute Gasteiger partial charge is 0.214 e. The standard InChI is InChI=1S/C5H10N4/c1-8-5(7)9-4-2-3-6/h2-4H,6H2,1H3,(H2,7,8)/b3-2-,9-4+. The van der Waals surface area contributed by atoms with E-state index in [0.29, 0.717) is 0 Å². The molecule has 4 heteroatoms. The van der Waals surface area contributed by atoms with E-state index in [1.165, 1.54) is 12.4 Å². The molecule has 0 saturated carbocycles. The van der Waals surface area contributed by atoms with E-state index in [-0.39, 0.29) is 5.96 Å². The quantitative estimate of drug-likeness (QED) is 0.366. The van der Waals surface area contributed by atoms with Crippen molar-refractivity contribution in [3.63, 3.8) is 0 Å². The van der Waals surface area contributed by atoms with Gasteiger partial charge in [-0.25, -0.2) is 4.99 Å². The second-order valence-electron chi connectivity index (χ2n) is 1.24. The maximum atomic E-state index is 5.19. The molecule has 0 aliphatic carbocycles. The molecule has 50 valence electrons. The lowest BCUT2D eigenvalue weighted by Crippen LogP contribution is -2.07. The van der Waals surface area contributed by atoms with E-state index in [2.05, 4.69) is 9.98 Å². The molecule has 0 heterocycles. The van der Waals surface area contributed by atoms with Crippen LogP contribution in [0.5, 0.6) is 0 Å². The summed E-state index contributed by atoms with van der Waals surface area (Å²) in [5.41, 5.74) is 10.2. The van der Waals surface area contributed by atoms with Crippen molar-refractivity contribution in [2.24, 2.45) is 21.5 Å². The number of allylic oxidation sites excluding steroid dienone is 1. The molecule has 0 aromatic carbocycles. The first-order chi connectivity index (χ1) is 4.31. The number of nitrogens with two attached hydrogens (primary N) is 2. The molecular weight excluding hydrogens is 116 g/mol. The first-order valence-corrected chi connectivity index (χ1v) is 2.44. The van der Waals surface area contributed by atoms with Crippen LogP contribution in [0.4, 0.5) is 0 Å². The molecule has 0 atom stereocenters. The Labute approximate surface area is 54.0 Å². The fourth-order valence-electron chi connectivity index (χ4n) is 0.227. The van der Waals surface area contributed by atoms with E-state index in [1.807, 2.05) is 0 Å². The van der Waals surface area contributed by atoms with Crippen molar-refractivity contribution < 1.29 is 0 Å². The highest BCUT2D eigenvalue weighted by Crippen LogP contribution is 1.66. The third-order valence-corrected chi connectivity index (χ3v) is 0.633. The highest BCUT2D eigenvalue weighted by atomic mass is 15.0. The Hall–Kier alpha value is -1.32. The van der Waals surface area contributed by atoms with Crippen molar-refractivity contribution in [2.45, 2.75) is 0 Å². The Morgan fingerprint density at radius 3 is 2.67 bits per heavy atom. The van der Waals surface area contributed by atoms with Crippen LogP contribution in [0.1, 0.15) is 0 Å². The van der Waals surface area contributed by atoms with Gasteiger partial charge in [0.2, 0.25) is 5.96 Å². The summed E-state index contributed by atoms with van der Waals surface area (Å²) in [5.74, 6) is 0.244. The zero-order valence-electron chi connectivity index (χ0n) is 5.28. The third-order valence-electron chi connectivity index (χ3n) is 0.633. The van der Waals surface area contributed by atoms with Gasteiger partial charge in [-0.05, 0) is 12.3 Å². The van der Waals surface area contributed by atoms with Gasteiger partial charge in [0.1, 0.15) is 0 Å². The number of guanidine groups is 1. The van der Waals surface area contributed by atoms with Gasteiger partial charge in [-0.1, -0.05) is 0 Å². The molecule has 4 N–H and O–H groups in total. The summed E-state index contributed by atoms with van der Waals surface area (Å²) in [7, 11) is 1.57. The van der Waals surface area contributed by atoms with Crippen molar-refractivity contribution in [3.8, 4) is 0 Å². The molecule has 0 fully saturated rings. The summed E-state index contributed by atoms with van der Waals surface area (Å²) in [4.78, 5) is 7.25. The van der Waals surface area contributed by atoms with Crippen molar-refractivity contribution in [1.29, 1.82) is 0 Å². The fourth-order valence-corrected chi connectivity index (χ4v) is 0.227. The van der Waals surface area contributed by atoms with E-state index in [1.54, 1.807) is 13.1 Å². The first-order valence-electron chi connectivity index (χ1n) is 2.44. The van der Waals surface area contributed by atoms with Crippen LogP contribution < -0.4 is 11.5 Å². The summed E-state index contributed by atoms with van der Waals surface area (Å²) in [6.07, 6.45) is 4.41. The predicted molar refractivity (Wildman–Crippen MR) is 39.4 cm³/mol. The molecule has 0 spiro atoms. The maximum Gasteiger partial charge on any atom is 0.214 e. The van der Waals surface area contributed by atoms with E-state index in [4.69, 9.17) is 11.5 Å². The van der Waals surface area contributed by atoms with Gasteiger partial charge in [-0.3, -0.25) is 4.99 Å². The minimum atomic E-state index is 0.244. The maximum absolute atomic E-state index is 5.19. The average molecular weight is 126 g/mol. The normalized spacial score (nSPS) is 13.7. The molecule has 0 aromatic heterocycles. The number of hydrogen-bond donors (Lipinski definition) is 2. The van der Waals surface area contributed by atoms with Crippen molar-refractivity contribution in [1.82, 2.24) is 0 Å². The Morgan fingerprint density at radius 2 is 2.22 bits per heavy atom. The molecule has 0 amide bonds. The minimum Gasteiger partial charge on any atom is -0.405 e. The predicted octanol–water partition coefficient (Wildman–Crippen LogP) is -0.526. The van der Waals surface area contributed by atoms with Gasteiger partial charge in [-0.2, -0.15) is 0 Å². The number of nitrogens with zero attached hydrogens (tertiary/aromatic N) is 2. The molecular formula is C5H10N4. The molecule has 0 aromatic rings. The van der Waals surface area contributed by atoms with Gasteiger partial charge in [-0.15, -0.1) is 0 Å². The van der Waals surface area contributed by atoms with Gasteiger partial charge in [0.15, 0.2) is 0 Å². The van der Waals surface area contributed by atoms with Crippen molar-refractivity contribution in [3.05, 3.63) is 12.3 Å². The lowest BCUT2D eigenvalue weighted by molar-refractivity contribution is 1.36. The van der Waals surface area contributed by atoms with Gasteiger partial charge < -0.3 is 11.5 Å². The average Bonchev–Trinajstić information content (AvgIpc) is 1.89. The summed E-state index contributed by atoms with van der Waals surface area (Å²) in [6.45, 7) is 0. The highest BCUT2D eigenvalue weighted by molar-refractivity contribution is 5.89. The Bertz CT molecular complexity index is 145. The monoisotopic (exact) mass is 126 g/mol. The molecule has 0 bridgehead atoms. The number of hydrogen-bond acceptors (Lipinski definition) is 2. The molecule has 0 radical (unpaired) electrons. The largest absolute Gasteiger partial charge is 0.405 e. The second kappa shape index (κ2) is 4.83. The zero-order chi connectivity index (χ0) is 7.11. The van der Waals surface area contributed by atoms with E-state index >= 15 is 0 Å². The molecule has 9 heavy (non-hydrogen) atoms. The molecule has 0 aliphatic heterocycles. The van der Waals surface area contributed by atoms with Crippen molar-refractivity contribution >= 4 is 12.2 Å². The van der Waals surface area contributed by atoms with Gasteiger partial charge in [0, 0.05) is 13.3 Å². The second-order valence-corrected chi connectivity index (χ2v) is 1.24. The summed E-state index contributed by atoms with van der Waals surface area (Å²) >= 11 is 0. The van der Waals surface area contributed by atoms with Crippen LogP contribution in [0.15, 0.2) is 22.3 Å². The summed E-state index contributed by atoms with van der Waals surface area (Å²) in [5, 5.41) is 0. The van der Waals surface area contributed by atoms with Crippen LogP contribution in [0.25, 0.3) is 0 Å². The molecule has 0 saturated heterocycles. The Kier molecular flexibility index (Phi) is 4.12. The third kappa shape index (κ3) is 4.53. The molecule has 4 nitrogen and oxygen atoms in total. The van der Waals surface area contributed by atoms with Gasteiger partial charge >= 0.3 is 0 Å². The van der Waals surface area contributed by atoms with Gasteiger partial charge in [0.25, 0.3) is 0 Å². The van der Waals surface area contributed by atoms with Crippen LogP contribution >= 0.6 is 0 Å². The lowest BCUT2D eigenvalue weighted by Gasteiger charge is -1.82. The first kappa shape index (κ1) is 7.68. The summed E-state index contributed by atoms with van der Waals surface area (Å²) in [6, 6.07) is 0. The topological polar surface area (TPSA) is 76.8 Å². The van der Waals surface area contributed by atoms with Crippen LogP contribution in [-0.2, 0) is 0 Å². The minimum absolute atomic E-state index is 0.244. The zero-order valence-corrected chi connectivity index (χ0v) is 5.28. The Balaban J connectivity index is 3.71.